The van der Waals surface area contributed by atoms with Crippen molar-refractivity contribution in [3.63, 3.8) is 0 Å². The maximum absolute atomic E-state index is 13.9. The molecule has 5 rings (SSSR count). The van der Waals surface area contributed by atoms with Gasteiger partial charge in [-0.3, -0.25) is 14.4 Å². The van der Waals surface area contributed by atoms with Crippen LogP contribution >= 0.6 is 0 Å². The summed E-state index contributed by atoms with van der Waals surface area (Å²) in [4.78, 5) is 54.6. The Hall–Kier alpha value is -2.94. The van der Waals surface area contributed by atoms with E-state index in [0.29, 0.717) is 24.0 Å². The number of piperidine rings is 1. The Labute approximate surface area is 216 Å². The quantitative estimate of drug-likeness (QED) is 0.447. The largest absolute Gasteiger partial charge is 0.504 e. The number of carbonyl (C=O) groups is 4. The van der Waals surface area contributed by atoms with E-state index in [0.717, 1.165) is 32.4 Å². The topological polar surface area (TPSA) is 119 Å². The Balaban J connectivity index is 1.75. The minimum atomic E-state index is -1.20. The maximum atomic E-state index is 13.9. The lowest BCUT2D eigenvalue weighted by molar-refractivity contribution is -0.160. The number of ketones is 2. The van der Waals surface area contributed by atoms with Crippen molar-refractivity contribution in [2.24, 2.45) is 16.7 Å². The van der Waals surface area contributed by atoms with Gasteiger partial charge in [0.15, 0.2) is 5.76 Å². The molecule has 0 radical (unpaired) electrons. The fraction of sp³-hybridized carbons (Fsp3) is 0.643. The summed E-state index contributed by atoms with van der Waals surface area (Å²) in [5.41, 5.74) is -0.956. The van der Waals surface area contributed by atoms with Crippen LogP contribution in [0.3, 0.4) is 0 Å². The van der Waals surface area contributed by atoms with Crippen molar-refractivity contribution in [2.45, 2.75) is 71.5 Å². The first-order valence-electron chi connectivity index (χ1n) is 13.1. The zero-order chi connectivity index (χ0) is 26.7. The molecule has 0 aromatic carbocycles. The van der Waals surface area contributed by atoms with Gasteiger partial charge in [-0.15, -0.1) is 0 Å². The zero-order valence-electron chi connectivity index (χ0n) is 21.9. The third kappa shape index (κ3) is 3.76. The van der Waals surface area contributed by atoms with E-state index < -0.39 is 52.4 Å². The minimum absolute atomic E-state index is 0.00857. The lowest BCUT2D eigenvalue weighted by Crippen LogP contribution is -2.57. The molecule has 0 unspecified atom stereocenters. The van der Waals surface area contributed by atoms with Crippen molar-refractivity contribution >= 4 is 23.5 Å². The summed E-state index contributed by atoms with van der Waals surface area (Å²) in [6, 6.07) is 0. The number of esters is 2. The predicted molar refractivity (Wildman–Crippen MR) is 131 cm³/mol. The highest BCUT2D eigenvalue weighted by atomic mass is 16.6. The van der Waals surface area contributed by atoms with Crippen LogP contribution in [0, 0.1) is 16.7 Å². The van der Waals surface area contributed by atoms with Gasteiger partial charge >= 0.3 is 11.9 Å². The highest BCUT2D eigenvalue weighted by Gasteiger charge is 2.64. The zero-order valence-corrected chi connectivity index (χ0v) is 21.9. The molecule has 2 aliphatic heterocycles. The molecule has 0 amide bonds. The van der Waals surface area contributed by atoms with E-state index >= 15 is 0 Å². The molecule has 0 spiro atoms. The molecule has 9 nitrogen and oxygen atoms in total. The van der Waals surface area contributed by atoms with Gasteiger partial charge in [-0.2, -0.15) is 0 Å². The van der Waals surface area contributed by atoms with Gasteiger partial charge in [-0.05, 0) is 38.2 Å². The molecule has 9 heteroatoms. The van der Waals surface area contributed by atoms with Crippen molar-refractivity contribution in [1.29, 1.82) is 0 Å². The summed E-state index contributed by atoms with van der Waals surface area (Å²) in [7, 11) is 1.49. The Bertz CT molecular complexity index is 1160. The molecular formula is C28H35NO8. The maximum Gasteiger partial charge on any atom is 0.340 e. The van der Waals surface area contributed by atoms with E-state index in [-0.39, 0.29) is 30.0 Å². The fourth-order valence-corrected chi connectivity index (χ4v) is 7.31. The number of aliphatic hydroxyl groups excluding tert-OH is 1. The van der Waals surface area contributed by atoms with E-state index in [9.17, 15) is 24.3 Å². The number of hydrogen-bond donors (Lipinski definition) is 1. The van der Waals surface area contributed by atoms with Gasteiger partial charge in [-0.1, -0.05) is 6.92 Å². The van der Waals surface area contributed by atoms with Gasteiger partial charge in [0.05, 0.1) is 17.6 Å². The number of hydrogen-bond acceptors (Lipinski definition) is 9. The van der Waals surface area contributed by atoms with Gasteiger partial charge in [0.1, 0.15) is 18.0 Å². The van der Waals surface area contributed by atoms with Crippen molar-refractivity contribution in [3.8, 4) is 0 Å². The second-order valence-corrected chi connectivity index (χ2v) is 11.3. The molecule has 2 saturated heterocycles. The highest BCUT2D eigenvalue weighted by Crippen LogP contribution is 2.62. The normalized spacial score (nSPS) is 36.9. The van der Waals surface area contributed by atoms with Crippen LogP contribution in [0.25, 0.3) is 0 Å². The molecule has 0 bridgehead atoms. The van der Waals surface area contributed by atoms with E-state index in [1.165, 1.54) is 14.0 Å². The van der Waals surface area contributed by atoms with Crippen LogP contribution in [-0.4, -0.2) is 72.5 Å². The number of rotatable bonds is 4. The first kappa shape index (κ1) is 25.7. The van der Waals surface area contributed by atoms with Crippen LogP contribution in [0.5, 0.6) is 0 Å². The Kier molecular flexibility index (Phi) is 6.33. The number of fused-ring (bicyclic) bond motifs is 4. The van der Waals surface area contributed by atoms with E-state index in [4.69, 9.17) is 14.2 Å². The van der Waals surface area contributed by atoms with Crippen LogP contribution < -0.4 is 0 Å². The number of methoxy groups -OCH3 is 1. The number of likely N-dealkylation sites (tertiary alicyclic amines) is 1. The SMILES string of the molecule is COC[C@H]1OC(=O)/C(=C\N2CCCCC2)C2=C(O)C(=O)C3=C([C@H](OC(C)=O)C[C@]4(C)C(=O)CC[C@@H]34)[C@]21C. The molecule has 3 fully saturated rings. The Morgan fingerprint density at radius 1 is 1.19 bits per heavy atom. The van der Waals surface area contributed by atoms with Crippen molar-refractivity contribution < 1.29 is 38.5 Å². The summed E-state index contributed by atoms with van der Waals surface area (Å²) < 4.78 is 17.2. The van der Waals surface area contributed by atoms with Gasteiger partial charge in [0.2, 0.25) is 5.78 Å². The lowest BCUT2D eigenvalue weighted by Gasteiger charge is -2.53. The van der Waals surface area contributed by atoms with Crippen LogP contribution in [0.2, 0.25) is 0 Å². The minimum Gasteiger partial charge on any atom is -0.504 e. The van der Waals surface area contributed by atoms with Crippen LogP contribution in [0.15, 0.2) is 34.3 Å². The first-order valence-corrected chi connectivity index (χ1v) is 13.1. The Morgan fingerprint density at radius 3 is 2.54 bits per heavy atom. The predicted octanol–water partition coefficient (Wildman–Crippen LogP) is 2.95. The van der Waals surface area contributed by atoms with Crippen LogP contribution in [0.1, 0.15) is 59.3 Å². The fourth-order valence-electron chi connectivity index (χ4n) is 7.31. The molecule has 3 aliphatic carbocycles. The molecule has 5 aliphatic rings. The second-order valence-electron chi connectivity index (χ2n) is 11.3. The molecule has 5 atom stereocenters. The molecule has 0 aromatic rings. The molecule has 2 heterocycles. The van der Waals surface area contributed by atoms with Gasteiger partial charge < -0.3 is 24.2 Å². The molecule has 0 aromatic heterocycles. The monoisotopic (exact) mass is 513 g/mol. The second kappa shape index (κ2) is 9.11. The number of carbonyl (C=O) groups excluding carboxylic acids is 4. The third-order valence-electron chi connectivity index (χ3n) is 9.12. The van der Waals surface area contributed by atoms with Gasteiger partial charge in [0.25, 0.3) is 0 Å². The molecule has 1 N–H and O–H groups in total. The van der Waals surface area contributed by atoms with E-state index in [1.54, 1.807) is 6.20 Å². The number of Topliss-reactive ketones (excluding diaryl/α,β-unsaturated/α-hetero) is 2. The molecule has 37 heavy (non-hydrogen) atoms. The number of allylic oxidation sites excluding steroid dienone is 1. The van der Waals surface area contributed by atoms with E-state index in [1.807, 2.05) is 18.7 Å². The number of aliphatic hydroxyl groups is 1. The van der Waals surface area contributed by atoms with E-state index in [2.05, 4.69) is 0 Å². The number of ether oxygens (including phenoxy) is 3. The highest BCUT2D eigenvalue weighted by molar-refractivity contribution is 6.14. The summed E-state index contributed by atoms with van der Waals surface area (Å²) in [6.45, 7) is 6.44. The number of nitrogens with zero attached hydrogens (tertiary/aromatic N) is 1. The average Bonchev–Trinajstić information content (AvgIpc) is 3.14. The molecular weight excluding hydrogens is 478 g/mol. The average molecular weight is 514 g/mol. The summed E-state index contributed by atoms with van der Waals surface area (Å²) in [5, 5.41) is 11.5. The van der Waals surface area contributed by atoms with Crippen LogP contribution in [-0.2, 0) is 33.4 Å². The Morgan fingerprint density at radius 2 is 1.89 bits per heavy atom. The summed E-state index contributed by atoms with van der Waals surface area (Å²) >= 11 is 0. The van der Waals surface area contributed by atoms with Crippen LogP contribution in [0.4, 0.5) is 0 Å². The molecule has 1 saturated carbocycles. The first-order chi connectivity index (χ1) is 17.5. The van der Waals surface area contributed by atoms with Crippen molar-refractivity contribution in [1.82, 2.24) is 4.90 Å². The van der Waals surface area contributed by atoms with Crippen molar-refractivity contribution in [3.05, 3.63) is 34.3 Å². The standard InChI is InChI=1S/C28H35NO8/c1-15(30)36-18-12-27(2)17(8-9-19(27)31)21-23(18)28(3)20(14-35-4)37-26(34)16(22(28)25(33)24(21)32)13-29-10-6-5-7-11-29/h13,17-18,20,33H,5-12,14H2,1-4H3/b16-13-/t17-,18+,20+,27-,28-/m0/s1. The van der Waals surface area contributed by atoms with Crippen molar-refractivity contribution in [2.75, 3.05) is 26.8 Å². The van der Waals surface area contributed by atoms with Gasteiger partial charge in [0, 0.05) is 68.6 Å². The number of cyclic esters (lactones) is 1. The summed E-state index contributed by atoms with van der Waals surface area (Å²) in [5.74, 6) is -2.70. The summed E-state index contributed by atoms with van der Waals surface area (Å²) in [6.07, 6.45) is 3.99. The lowest BCUT2D eigenvalue weighted by atomic mass is 9.53. The van der Waals surface area contributed by atoms with Gasteiger partial charge in [-0.25, -0.2) is 4.79 Å². The molecule has 200 valence electrons. The third-order valence-corrected chi connectivity index (χ3v) is 9.12. The smallest absolute Gasteiger partial charge is 0.340 e.